The van der Waals surface area contributed by atoms with Crippen molar-refractivity contribution in [3.05, 3.63) is 22.1 Å². The Morgan fingerprint density at radius 3 is 3.12 bits per heavy atom. The van der Waals surface area contributed by atoms with Crippen LogP contribution in [0.15, 0.2) is 16.0 Å². The number of nitrogens with two attached hydrogens (primary N) is 2. The summed E-state index contributed by atoms with van der Waals surface area (Å²) in [6, 6.07) is 1.22. The van der Waals surface area contributed by atoms with Crippen LogP contribution in [-0.2, 0) is 5.75 Å². The third-order valence-corrected chi connectivity index (χ3v) is 3.36. The maximum absolute atomic E-state index is 11.1. The van der Waals surface area contributed by atoms with Crippen LogP contribution in [0.4, 0.5) is 10.8 Å². The molecule has 0 atom stereocenters. The van der Waals surface area contributed by atoms with E-state index in [-0.39, 0.29) is 11.4 Å². The number of rotatable bonds is 4. The van der Waals surface area contributed by atoms with Gasteiger partial charge < -0.3 is 16.1 Å². The quantitative estimate of drug-likeness (QED) is 0.259. The molecule has 2 aromatic rings. The van der Waals surface area contributed by atoms with Crippen molar-refractivity contribution in [3.8, 4) is 0 Å². The topological polar surface area (TPSA) is 136 Å². The first kappa shape index (κ1) is 11.8. The molecule has 17 heavy (non-hydrogen) atoms. The van der Waals surface area contributed by atoms with E-state index in [1.165, 1.54) is 17.8 Å². The lowest BCUT2D eigenvalue weighted by atomic mass is 10.5. The molecule has 0 radical (unpaired) electrons. The summed E-state index contributed by atoms with van der Waals surface area (Å²) < 4.78 is 3.76. The van der Waals surface area contributed by atoms with Gasteiger partial charge in [-0.15, -0.1) is 5.10 Å². The zero-order chi connectivity index (χ0) is 12.3. The summed E-state index contributed by atoms with van der Waals surface area (Å²) in [6.07, 6.45) is 0. The fourth-order valence-corrected chi connectivity index (χ4v) is 2.47. The molecule has 0 spiro atoms. The molecule has 10 heteroatoms. The Morgan fingerprint density at radius 2 is 2.41 bits per heavy atom. The van der Waals surface area contributed by atoms with Crippen LogP contribution in [0.2, 0.25) is 0 Å². The monoisotopic (exact) mass is 271 g/mol. The summed E-state index contributed by atoms with van der Waals surface area (Å²) in [5, 5.41) is 5.02. The molecule has 0 amide bonds. The molecule has 2 aromatic heterocycles. The molecule has 0 aliphatic rings. The number of aromatic nitrogens is 4. The Balaban J connectivity index is 2.09. The van der Waals surface area contributed by atoms with Gasteiger partial charge in [-0.2, -0.15) is 0 Å². The van der Waals surface area contributed by atoms with Crippen molar-refractivity contribution < 1.29 is 0 Å². The summed E-state index contributed by atoms with van der Waals surface area (Å²) in [5.74, 6) is 5.96. The molecular weight excluding hydrogens is 262 g/mol. The highest BCUT2D eigenvalue weighted by Crippen LogP contribution is 2.24. The lowest BCUT2D eigenvalue weighted by molar-refractivity contribution is 0.942. The largest absolute Gasteiger partial charge is 0.383 e. The molecule has 0 bridgehead atoms. The lowest BCUT2D eigenvalue weighted by Gasteiger charge is -2.00. The Bertz CT molecular complexity index is 565. The maximum Gasteiger partial charge on any atom is 0.253 e. The number of hydrogen-bond acceptors (Lipinski definition) is 9. The van der Waals surface area contributed by atoms with Crippen LogP contribution < -0.4 is 22.6 Å². The molecule has 90 valence electrons. The molecule has 2 heterocycles. The van der Waals surface area contributed by atoms with Crippen LogP contribution in [0.5, 0.6) is 0 Å². The first-order valence-corrected chi connectivity index (χ1v) is 6.22. The molecule has 0 saturated heterocycles. The van der Waals surface area contributed by atoms with Gasteiger partial charge in [-0.25, -0.2) is 10.8 Å². The van der Waals surface area contributed by atoms with Crippen molar-refractivity contribution in [3.63, 3.8) is 0 Å². The number of nitrogen functional groups attached to an aromatic ring is 2. The second-order valence-electron chi connectivity index (χ2n) is 2.96. The number of thioether (sulfide) groups is 1. The van der Waals surface area contributed by atoms with Crippen molar-refractivity contribution in [2.24, 2.45) is 5.84 Å². The standard InChI is InChI=1S/C7H9N7OS2/c8-4-1-5(15)11-7(10-4)16-2-3-6(12-9)17-14-13-3/h1,12H,2,9H2,(H3,8,10,11,15). The highest BCUT2D eigenvalue weighted by atomic mass is 32.2. The van der Waals surface area contributed by atoms with Gasteiger partial charge in [0.05, 0.1) is 0 Å². The van der Waals surface area contributed by atoms with Gasteiger partial charge in [-0.1, -0.05) is 16.3 Å². The SMILES string of the molecule is NNc1snnc1CSc1nc(N)cc(=O)[nH]1. The van der Waals surface area contributed by atoms with Crippen molar-refractivity contribution in [2.75, 3.05) is 11.2 Å². The summed E-state index contributed by atoms with van der Waals surface area (Å²) in [6.45, 7) is 0. The number of nitrogens with one attached hydrogen (secondary N) is 2. The summed E-state index contributed by atoms with van der Waals surface area (Å²) in [7, 11) is 0. The third kappa shape index (κ3) is 2.93. The Labute approximate surface area is 104 Å². The van der Waals surface area contributed by atoms with E-state index in [1.54, 1.807) is 0 Å². The van der Waals surface area contributed by atoms with Crippen molar-refractivity contribution in [2.45, 2.75) is 10.9 Å². The minimum atomic E-state index is -0.284. The molecule has 0 aliphatic heterocycles. The summed E-state index contributed by atoms with van der Waals surface area (Å²) in [4.78, 5) is 17.7. The van der Waals surface area contributed by atoms with Gasteiger partial charge in [0, 0.05) is 23.4 Å². The van der Waals surface area contributed by atoms with Crippen molar-refractivity contribution in [1.29, 1.82) is 0 Å². The minimum Gasteiger partial charge on any atom is -0.383 e. The van der Waals surface area contributed by atoms with Crippen molar-refractivity contribution in [1.82, 2.24) is 19.6 Å². The molecule has 0 aliphatic carbocycles. The zero-order valence-corrected chi connectivity index (χ0v) is 10.1. The van der Waals surface area contributed by atoms with Gasteiger partial charge in [0.1, 0.15) is 16.5 Å². The second kappa shape index (κ2) is 5.12. The van der Waals surface area contributed by atoms with Crippen LogP contribution in [-0.4, -0.2) is 19.6 Å². The third-order valence-electron chi connectivity index (χ3n) is 1.77. The molecule has 0 saturated carbocycles. The molecule has 6 N–H and O–H groups in total. The highest BCUT2D eigenvalue weighted by Gasteiger charge is 2.08. The Hall–Kier alpha value is -1.65. The first-order valence-electron chi connectivity index (χ1n) is 4.46. The van der Waals surface area contributed by atoms with Gasteiger partial charge >= 0.3 is 0 Å². The van der Waals surface area contributed by atoms with E-state index in [2.05, 4.69) is 25.0 Å². The maximum atomic E-state index is 11.1. The summed E-state index contributed by atoms with van der Waals surface area (Å²) in [5.41, 5.74) is 8.38. The van der Waals surface area contributed by atoms with E-state index >= 15 is 0 Å². The predicted molar refractivity (Wildman–Crippen MR) is 66.6 cm³/mol. The van der Waals surface area contributed by atoms with Gasteiger partial charge in [0.25, 0.3) is 5.56 Å². The Morgan fingerprint density at radius 1 is 1.59 bits per heavy atom. The molecular formula is C7H9N7OS2. The molecule has 0 aromatic carbocycles. The van der Waals surface area contributed by atoms with Crippen LogP contribution in [0.25, 0.3) is 0 Å². The predicted octanol–water partition coefficient (Wildman–Crippen LogP) is -0.219. The molecule has 8 nitrogen and oxygen atoms in total. The van der Waals surface area contributed by atoms with E-state index in [9.17, 15) is 4.79 Å². The fraction of sp³-hybridized carbons (Fsp3) is 0.143. The molecule has 2 rings (SSSR count). The highest BCUT2D eigenvalue weighted by molar-refractivity contribution is 7.98. The summed E-state index contributed by atoms with van der Waals surface area (Å²) >= 11 is 2.46. The number of nitrogens with zero attached hydrogens (tertiary/aromatic N) is 3. The number of hydrazine groups is 1. The molecule has 0 fully saturated rings. The minimum absolute atomic E-state index is 0.185. The van der Waals surface area contributed by atoms with Gasteiger partial charge in [0.15, 0.2) is 5.16 Å². The van der Waals surface area contributed by atoms with Gasteiger partial charge in [0.2, 0.25) is 0 Å². The average Bonchev–Trinajstić information content (AvgIpc) is 2.72. The first-order chi connectivity index (χ1) is 8.19. The van der Waals surface area contributed by atoms with Gasteiger partial charge in [-0.05, 0) is 0 Å². The number of aromatic amines is 1. The lowest BCUT2D eigenvalue weighted by Crippen LogP contribution is -2.10. The number of hydrogen-bond donors (Lipinski definition) is 4. The van der Waals surface area contributed by atoms with Crippen LogP contribution in [0.1, 0.15) is 5.69 Å². The van der Waals surface area contributed by atoms with E-state index < -0.39 is 0 Å². The fourth-order valence-electron chi connectivity index (χ4n) is 1.07. The smallest absolute Gasteiger partial charge is 0.253 e. The van der Waals surface area contributed by atoms with E-state index in [1.807, 2.05) is 0 Å². The number of H-pyrrole nitrogens is 1. The van der Waals surface area contributed by atoms with E-state index in [4.69, 9.17) is 11.6 Å². The zero-order valence-electron chi connectivity index (χ0n) is 8.51. The normalized spacial score (nSPS) is 10.4. The van der Waals surface area contributed by atoms with Crippen molar-refractivity contribution >= 4 is 34.1 Å². The van der Waals surface area contributed by atoms with E-state index in [0.717, 1.165) is 11.5 Å². The van der Waals surface area contributed by atoms with Crippen LogP contribution >= 0.6 is 23.3 Å². The van der Waals surface area contributed by atoms with Crippen LogP contribution in [0.3, 0.4) is 0 Å². The molecule has 0 unspecified atom stereocenters. The number of anilines is 2. The van der Waals surface area contributed by atoms with Gasteiger partial charge in [-0.3, -0.25) is 4.79 Å². The second-order valence-corrected chi connectivity index (χ2v) is 4.68. The van der Waals surface area contributed by atoms with E-state index in [0.29, 0.717) is 21.6 Å². The Kier molecular flexibility index (Phi) is 3.56. The van der Waals surface area contributed by atoms with Crippen LogP contribution in [0, 0.1) is 0 Å². The average molecular weight is 271 g/mol.